The molecule has 1 aromatic heterocycles. The standard InChI is InChI=1S/C13H16N2O2S/c1-8(2)15-11-7-5-4-6-10(11)14-13(15)18-9(3)12(16)17/h4-9H,1-3H3,(H,16,17)/t9-/m1/s1. The van der Waals surface area contributed by atoms with Gasteiger partial charge in [0, 0.05) is 6.04 Å². The summed E-state index contributed by atoms with van der Waals surface area (Å²) in [6, 6.07) is 8.12. The molecule has 5 heteroatoms. The fraction of sp³-hybridized carbons (Fsp3) is 0.385. The smallest absolute Gasteiger partial charge is 0.316 e. The molecule has 0 unspecified atom stereocenters. The maximum absolute atomic E-state index is 10.9. The molecular weight excluding hydrogens is 248 g/mol. The highest BCUT2D eigenvalue weighted by molar-refractivity contribution is 8.00. The minimum atomic E-state index is -0.817. The van der Waals surface area contributed by atoms with Crippen molar-refractivity contribution in [3.8, 4) is 0 Å². The lowest BCUT2D eigenvalue weighted by atomic mass is 10.3. The molecule has 0 saturated carbocycles. The Hall–Kier alpha value is -1.49. The van der Waals surface area contributed by atoms with Gasteiger partial charge >= 0.3 is 5.97 Å². The zero-order chi connectivity index (χ0) is 13.3. The summed E-state index contributed by atoms with van der Waals surface area (Å²) in [7, 11) is 0. The summed E-state index contributed by atoms with van der Waals surface area (Å²) in [5.74, 6) is -0.817. The monoisotopic (exact) mass is 264 g/mol. The molecule has 96 valence electrons. The first-order valence-corrected chi connectivity index (χ1v) is 6.75. The zero-order valence-corrected chi connectivity index (χ0v) is 11.4. The van der Waals surface area contributed by atoms with Gasteiger partial charge in [0.05, 0.1) is 11.0 Å². The van der Waals surface area contributed by atoms with Crippen molar-refractivity contribution >= 4 is 28.8 Å². The van der Waals surface area contributed by atoms with Crippen LogP contribution in [0.5, 0.6) is 0 Å². The second-order valence-electron chi connectivity index (χ2n) is 4.45. The summed E-state index contributed by atoms with van der Waals surface area (Å²) in [5.41, 5.74) is 1.96. The van der Waals surface area contributed by atoms with Gasteiger partial charge in [-0.05, 0) is 32.9 Å². The second kappa shape index (κ2) is 5.02. The molecule has 0 aliphatic carbocycles. The van der Waals surface area contributed by atoms with Crippen molar-refractivity contribution < 1.29 is 9.90 Å². The number of hydrogen-bond acceptors (Lipinski definition) is 3. The lowest BCUT2D eigenvalue weighted by Crippen LogP contribution is -2.13. The SMILES string of the molecule is CC(C)n1c(S[C@H](C)C(=O)O)nc2ccccc21. The third kappa shape index (κ3) is 2.36. The highest BCUT2D eigenvalue weighted by Gasteiger charge is 2.19. The molecule has 0 spiro atoms. The van der Waals surface area contributed by atoms with Crippen molar-refractivity contribution in [2.24, 2.45) is 0 Å². The van der Waals surface area contributed by atoms with Crippen LogP contribution in [0, 0.1) is 0 Å². The van der Waals surface area contributed by atoms with Crippen LogP contribution in [0.25, 0.3) is 11.0 Å². The summed E-state index contributed by atoms with van der Waals surface area (Å²) < 4.78 is 2.08. The van der Waals surface area contributed by atoms with Crippen LogP contribution in [0.1, 0.15) is 26.8 Å². The van der Waals surface area contributed by atoms with E-state index in [9.17, 15) is 4.79 Å². The van der Waals surface area contributed by atoms with Gasteiger partial charge in [-0.2, -0.15) is 0 Å². The lowest BCUT2D eigenvalue weighted by molar-refractivity contribution is -0.136. The predicted molar refractivity (Wildman–Crippen MR) is 73.1 cm³/mol. The number of aromatic nitrogens is 2. The third-order valence-electron chi connectivity index (χ3n) is 2.71. The van der Waals surface area contributed by atoms with Crippen molar-refractivity contribution in [2.75, 3.05) is 0 Å². The van der Waals surface area contributed by atoms with E-state index in [4.69, 9.17) is 5.11 Å². The van der Waals surface area contributed by atoms with Gasteiger partial charge in [-0.1, -0.05) is 23.9 Å². The number of hydrogen-bond donors (Lipinski definition) is 1. The molecule has 0 aliphatic rings. The third-order valence-corrected chi connectivity index (χ3v) is 3.76. The van der Waals surface area contributed by atoms with Gasteiger partial charge in [-0.25, -0.2) is 4.98 Å². The van der Waals surface area contributed by atoms with E-state index >= 15 is 0 Å². The van der Waals surface area contributed by atoms with Crippen molar-refractivity contribution in [3.63, 3.8) is 0 Å². The molecule has 1 heterocycles. The molecule has 0 bridgehead atoms. The van der Waals surface area contributed by atoms with Crippen LogP contribution < -0.4 is 0 Å². The summed E-state index contributed by atoms with van der Waals surface area (Å²) in [6.07, 6.45) is 0. The lowest BCUT2D eigenvalue weighted by Gasteiger charge is -2.13. The van der Waals surface area contributed by atoms with E-state index in [1.54, 1.807) is 6.92 Å². The molecule has 0 saturated heterocycles. The minimum Gasteiger partial charge on any atom is -0.480 e. The van der Waals surface area contributed by atoms with Crippen LogP contribution in [0.4, 0.5) is 0 Å². The Labute approximate surface area is 110 Å². The van der Waals surface area contributed by atoms with Gasteiger partial charge in [-0.3, -0.25) is 4.79 Å². The summed E-state index contributed by atoms with van der Waals surface area (Å²) in [6.45, 7) is 5.82. The number of benzene rings is 1. The Morgan fingerprint density at radius 3 is 2.61 bits per heavy atom. The number of thioether (sulfide) groups is 1. The zero-order valence-electron chi connectivity index (χ0n) is 10.6. The Balaban J connectivity index is 2.49. The van der Waals surface area contributed by atoms with Gasteiger partial charge in [0.2, 0.25) is 0 Å². The summed E-state index contributed by atoms with van der Waals surface area (Å²) in [4.78, 5) is 15.5. The average Bonchev–Trinajstić information content (AvgIpc) is 2.66. The number of para-hydroxylation sites is 2. The number of fused-ring (bicyclic) bond motifs is 1. The highest BCUT2D eigenvalue weighted by atomic mass is 32.2. The average molecular weight is 264 g/mol. The number of aliphatic carboxylic acids is 1. The molecule has 1 N–H and O–H groups in total. The van der Waals surface area contributed by atoms with E-state index in [1.807, 2.05) is 24.3 Å². The molecule has 0 radical (unpaired) electrons. The second-order valence-corrected chi connectivity index (χ2v) is 5.75. The fourth-order valence-corrected chi connectivity index (χ4v) is 2.80. The van der Waals surface area contributed by atoms with E-state index in [1.165, 1.54) is 11.8 Å². The molecule has 0 aliphatic heterocycles. The Morgan fingerprint density at radius 1 is 1.33 bits per heavy atom. The molecule has 2 rings (SSSR count). The van der Waals surface area contributed by atoms with Crippen LogP contribution in [0.3, 0.4) is 0 Å². The topological polar surface area (TPSA) is 55.1 Å². The van der Waals surface area contributed by atoms with E-state index in [0.29, 0.717) is 0 Å². The van der Waals surface area contributed by atoms with E-state index in [0.717, 1.165) is 16.2 Å². The fourth-order valence-electron chi connectivity index (χ4n) is 1.81. The van der Waals surface area contributed by atoms with Crippen molar-refractivity contribution in [3.05, 3.63) is 24.3 Å². The van der Waals surface area contributed by atoms with Crippen molar-refractivity contribution in [2.45, 2.75) is 37.2 Å². The Kier molecular flexibility index (Phi) is 3.61. The largest absolute Gasteiger partial charge is 0.480 e. The van der Waals surface area contributed by atoms with Crippen LogP contribution >= 0.6 is 11.8 Å². The molecule has 18 heavy (non-hydrogen) atoms. The number of imidazole rings is 1. The quantitative estimate of drug-likeness (QED) is 0.862. The number of nitrogens with zero attached hydrogens (tertiary/aromatic N) is 2. The van der Waals surface area contributed by atoms with E-state index < -0.39 is 11.2 Å². The van der Waals surface area contributed by atoms with Crippen molar-refractivity contribution in [1.29, 1.82) is 0 Å². The van der Waals surface area contributed by atoms with Gasteiger partial charge in [0.1, 0.15) is 5.25 Å². The molecule has 0 amide bonds. The molecular formula is C13H16N2O2S. The summed E-state index contributed by atoms with van der Waals surface area (Å²) in [5, 5.41) is 9.25. The molecule has 2 aromatic rings. The van der Waals surface area contributed by atoms with Crippen LogP contribution in [-0.2, 0) is 4.79 Å². The molecule has 1 atom stereocenters. The van der Waals surface area contributed by atoms with Crippen LogP contribution in [0.2, 0.25) is 0 Å². The first-order chi connectivity index (χ1) is 8.50. The predicted octanol–water partition coefficient (Wildman–Crippen LogP) is 3.18. The number of rotatable bonds is 4. The van der Waals surface area contributed by atoms with Gasteiger partial charge in [0.25, 0.3) is 0 Å². The van der Waals surface area contributed by atoms with Crippen LogP contribution in [0.15, 0.2) is 29.4 Å². The molecule has 0 fully saturated rings. The minimum absolute atomic E-state index is 0.251. The van der Waals surface area contributed by atoms with E-state index in [-0.39, 0.29) is 6.04 Å². The molecule has 1 aromatic carbocycles. The normalized spacial score (nSPS) is 13.1. The van der Waals surface area contributed by atoms with Crippen LogP contribution in [-0.4, -0.2) is 25.9 Å². The number of carbonyl (C=O) groups is 1. The maximum atomic E-state index is 10.9. The first-order valence-electron chi connectivity index (χ1n) is 5.87. The Morgan fingerprint density at radius 2 is 2.00 bits per heavy atom. The van der Waals surface area contributed by atoms with Crippen molar-refractivity contribution in [1.82, 2.24) is 9.55 Å². The first kappa shape index (κ1) is 13.0. The number of carboxylic acids is 1. The Bertz CT molecular complexity index is 577. The van der Waals surface area contributed by atoms with Gasteiger partial charge in [-0.15, -0.1) is 0 Å². The highest BCUT2D eigenvalue weighted by Crippen LogP contribution is 2.30. The maximum Gasteiger partial charge on any atom is 0.316 e. The number of carboxylic acid groups (broad SMARTS) is 1. The van der Waals surface area contributed by atoms with E-state index in [2.05, 4.69) is 23.4 Å². The molecule has 4 nitrogen and oxygen atoms in total. The van der Waals surface area contributed by atoms with Gasteiger partial charge in [0.15, 0.2) is 5.16 Å². The summed E-state index contributed by atoms with van der Waals surface area (Å²) >= 11 is 1.28. The van der Waals surface area contributed by atoms with Gasteiger partial charge < -0.3 is 9.67 Å².